The fourth-order valence-electron chi connectivity index (χ4n) is 2.23. The molecule has 0 saturated heterocycles. The van der Waals surface area contributed by atoms with Crippen LogP contribution in [0.1, 0.15) is 31.4 Å². The van der Waals surface area contributed by atoms with Crippen LogP contribution < -0.4 is 15.4 Å². The second-order valence-corrected chi connectivity index (χ2v) is 8.34. The van der Waals surface area contributed by atoms with Crippen LogP contribution in [0.2, 0.25) is 0 Å². The maximum Gasteiger partial charge on any atom is 0.249 e. The monoisotopic (exact) mass is 346 g/mol. The number of carbonyl (C=O) groups is 1. The van der Waals surface area contributed by atoms with Crippen LogP contribution in [0.15, 0.2) is 4.21 Å². The molecule has 0 aromatic carbocycles. The molecule has 7 nitrogen and oxygen atoms in total. The zero-order valence-electron chi connectivity index (χ0n) is 12.8. The average molecular weight is 346 g/mol. The molecular weight excluding hydrogens is 324 g/mol. The first kappa shape index (κ1) is 17.2. The van der Waals surface area contributed by atoms with Crippen molar-refractivity contribution in [3.05, 3.63) is 5.69 Å². The smallest absolute Gasteiger partial charge is 0.249 e. The average Bonchev–Trinajstić information content (AvgIpc) is 2.74. The highest BCUT2D eigenvalue weighted by molar-refractivity contribution is 7.91. The highest BCUT2D eigenvalue weighted by Crippen LogP contribution is 2.28. The summed E-state index contributed by atoms with van der Waals surface area (Å²) in [5.41, 5.74) is 0.424. The standard InChI is InChI=1S/C13H22N4O3S2/c1-9-12(22(14,19)20)21-13(16-9)17(2)8-4-7-15-11(18)10-5-3-6-10/h10H,3-8H2,1-2H3,(H,15,18)(H2,14,19,20). The van der Waals surface area contributed by atoms with Gasteiger partial charge in [0.1, 0.15) is 0 Å². The Labute approximate surface area is 135 Å². The Kier molecular flexibility index (Phi) is 5.41. The lowest BCUT2D eigenvalue weighted by Gasteiger charge is -2.24. The lowest BCUT2D eigenvalue weighted by molar-refractivity contribution is -0.127. The van der Waals surface area contributed by atoms with Crippen LogP contribution >= 0.6 is 11.3 Å². The fourth-order valence-corrected chi connectivity index (χ4v) is 4.17. The van der Waals surface area contributed by atoms with Crippen molar-refractivity contribution < 1.29 is 13.2 Å². The fraction of sp³-hybridized carbons (Fsp3) is 0.692. The van der Waals surface area contributed by atoms with Crippen LogP contribution in [0.25, 0.3) is 0 Å². The molecule has 22 heavy (non-hydrogen) atoms. The predicted molar refractivity (Wildman–Crippen MR) is 86.5 cm³/mol. The van der Waals surface area contributed by atoms with Gasteiger partial charge in [-0.3, -0.25) is 4.79 Å². The normalized spacial score (nSPS) is 15.4. The topological polar surface area (TPSA) is 105 Å². The van der Waals surface area contributed by atoms with E-state index in [2.05, 4.69) is 10.3 Å². The molecule has 0 spiro atoms. The van der Waals surface area contributed by atoms with E-state index in [0.29, 0.717) is 23.9 Å². The predicted octanol–water partition coefficient (Wildman–Crippen LogP) is 0.842. The van der Waals surface area contributed by atoms with Crippen LogP contribution in [0.5, 0.6) is 0 Å². The number of primary sulfonamides is 1. The van der Waals surface area contributed by atoms with Gasteiger partial charge in [-0.05, 0) is 26.2 Å². The highest BCUT2D eigenvalue weighted by atomic mass is 32.2. The second-order valence-electron chi connectivity index (χ2n) is 5.61. The Bertz CT molecular complexity index is 638. The number of nitrogens with two attached hydrogens (primary N) is 1. The molecule has 1 amide bonds. The molecule has 0 aliphatic heterocycles. The van der Waals surface area contributed by atoms with Crippen LogP contribution in [-0.4, -0.2) is 39.4 Å². The molecule has 0 radical (unpaired) electrons. The third-order valence-electron chi connectivity index (χ3n) is 3.77. The van der Waals surface area contributed by atoms with Gasteiger partial charge in [0.15, 0.2) is 9.34 Å². The van der Waals surface area contributed by atoms with E-state index in [4.69, 9.17) is 5.14 Å². The van der Waals surface area contributed by atoms with E-state index in [1.807, 2.05) is 11.9 Å². The first-order valence-corrected chi connectivity index (χ1v) is 9.64. The first-order chi connectivity index (χ1) is 10.3. The molecule has 0 bridgehead atoms. The molecule has 2 rings (SSSR count). The van der Waals surface area contributed by atoms with E-state index in [-0.39, 0.29) is 16.0 Å². The number of hydrogen-bond acceptors (Lipinski definition) is 6. The number of sulfonamides is 1. The SMILES string of the molecule is Cc1nc(N(C)CCCNC(=O)C2CCC2)sc1S(N)(=O)=O. The number of rotatable bonds is 7. The number of thiazole rings is 1. The molecule has 0 atom stereocenters. The van der Waals surface area contributed by atoms with Crippen molar-refractivity contribution in [1.82, 2.24) is 10.3 Å². The van der Waals surface area contributed by atoms with Crippen molar-refractivity contribution in [2.45, 2.75) is 36.8 Å². The molecule has 1 heterocycles. The summed E-state index contributed by atoms with van der Waals surface area (Å²) in [5, 5.41) is 8.70. The van der Waals surface area contributed by atoms with Crippen LogP contribution in [-0.2, 0) is 14.8 Å². The summed E-state index contributed by atoms with van der Waals surface area (Å²) in [6.45, 7) is 2.93. The number of hydrogen-bond donors (Lipinski definition) is 2. The minimum Gasteiger partial charge on any atom is -0.356 e. The van der Waals surface area contributed by atoms with Gasteiger partial charge in [-0.2, -0.15) is 0 Å². The summed E-state index contributed by atoms with van der Waals surface area (Å²) in [6, 6.07) is 0. The lowest BCUT2D eigenvalue weighted by Crippen LogP contribution is -2.36. The zero-order valence-corrected chi connectivity index (χ0v) is 14.5. The van der Waals surface area contributed by atoms with Gasteiger partial charge in [0.2, 0.25) is 15.9 Å². The summed E-state index contributed by atoms with van der Waals surface area (Å²) in [6.07, 6.45) is 3.93. The number of aromatic nitrogens is 1. The lowest BCUT2D eigenvalue weighted by atomic mass is 9.85. The van der Waals surface area contributed by atoms with E-state index in [9.17, 15) is 13.2 Å². The number of carbonyl (C=O) groups excluding carboxylic acids is 1. The Balaban J connectivity index is 1.80. The van der Waals surface area contributed by atoms with E-state index in [1.54, 1.807) is 6.92 Å². The number of nitrogens with one attached hydrogen (secondary N) is 1. The van der Waals surface area contributed by atoms with Gasteiger partial charge in [0, 0.05) is 26.1 Å². The Hall–Kier alpha value is -1.19. The maximum atomic E-state index is 11.7. The van der Waals surface area contributed by atoms with Crippen molar-refractivity contribution in [2.75, 3.05) is 25.0 Å². The molecule has 1 saturated carbocycles. The summed E-state index contributed by atoms with van der Waals surface area (Å²) in [7, 11) is -1.87. The minimum atomic E-state index is -3.72. The molecule has 1 aromatic rings. The first-order valence-electron chi connectivity index (χ1n) is 7.28. The van der Waals surface area contributed by atoms with E-state index >= 15 is 0 Å². The molecule has 3 N–H and O–H groups in total. The molecule has 124 valence electrons. The van der Waals surface area contributed by atoms with Crippen molar-refractivity contribution >= 4 is 32.4 Å². The summed E-state index contributed by atoms with van der Waals surface area (Å²) >= 11 is 1.07. The third-order valence-corrected chi connectivity index (χ3v) is 6.60. The molecule has 0 unspecified atom stereocenters. The molecule has 1 aromatic heterocycles. The van der Waals surface area contributed by atoms with Crippen LogP contribution in [0.3, 0.4) is 0 Å². The molecule has 1 aliphatic carbocycles. The van der Waals surface area contributed by atoms with Gasteiger partial charge >= 0.3 is 0 Å². The van der Waals surface area contributed by atoms with Gasteiger partial charge in [-0.15, -0.1) is 0 Å². The van der Waals surface area contributed by atoms with E-state index in [0.717, 1.165) is 37.0 Å². The molecule has 9 heteroatoms. The van der Waals surface area contributed by atoms with E-state index < -0.39 is 10.0 Å². The summed E-state index contributed by atoms with van der Waals surface area (Å²) < 4.78 is 22.9. The second kappa shape index (κ2) is 6.93. The van der Waals surface area contributed by atoms with Crippen molar-refractivity contribution in [2.24, 2.45) is 11.1 Å². The Morgan fingerprint density at radius 3 is 2.68 bits per heavy atom. The minimum absolute atomic E-state index is 0.104. The van der Waals surface area contributed by atoms with E-state index in [1.165, 1.54) is 0 Å². The number of amides is 1. The van der Waals surface area contributed by atoms with Crippen molar-refractivity contribution in [3.8, 4) is 0 Å². The van der Waals surface area contributed by atoms with Crippen LogP contribution in [0, 0.1) is 12.8 Å². The van der Waals surface area contributed by atoms with Crippen molar-refractivity contribution in [3.63, 3.8) is 0 Å². The van der Waals surface area contributed by atoms with Gasteiger partial charge in [-0.25, -0.2) is 18.5 Å². The van der Waals surface area contributed by atoms with Gasteiger partial charge in [0.25, 0.3) is 0 Å². The Morgan fingerprint density at radius 1 is 1.50 bits per heavy atom. The molecule has 1 aliphatic rings. The maximum absolute atomic E-state index is 11.7. The molecular formula is C13H22N4O3S2. The summed E-state index contributed by atoms with van der Waals surface area (Å²) in [4.78, 5) is 17.8. The highest BCUT2D eigenvalue weighted by Gasteiger charge is 2.24. The number of nitrogens with zero attached hydrogens (tertiary/aromatic N) is 2. The third kappa shape index (κ3) is 4.17. The van der Waals surface area contributed by atoms with Gasteiger partial charge in [0.05, 0.1) is 5.69 Å². The largest absolute Gasteiger partial charge is 0.356 e. The molecule has 1 fully saturated rings. The summed E-state index contributed by atoms with van der Waals surface area (Å²) in [5.74, 6) is 0.354. The Morgan fingerprint density at radius 2 is 2.18 bits per heavy atom. The quantitative estimate of drug-likeness (QED) is 0.712. The number of aryl methyl sites for hydroxylation is 1. The number of anilines is 1. The van der Waals surface area contributed by atoms with Gasteiger partial charge in [-0.1, -0.05) is 17.8 Å². The van der Waals surface area contributed by atoms with Gasteiger partial charge < -0.3 is 10.2 Å². The van der Waals surface area contributed by atoms with Crippen molar-refractivity contribution in [1.29, 1.82) is 0 Å². The van der Waals surface area contributed by atoms with Crippen LogP contribution in [0.4, 0.5) is 5.13 Å². The zero-order chi connectivity index (χ0) is 16.3.